The molecule has 0 saturated heterocycles. The minimum atomic E-state index is -0.708. The largest absolute Gasteiger partial charge is 1.00 e. The van der Waals surface area contributed by atoms with Gasteiger partial charge in [0.05, 0.1) is 6.01 Å². The molecule has 1 rings (SSSR count). The standard InChI is InChI=1S/C3H7N7O.Na/c4-9-1-6-2(10-5)8-3(11)7-1;/h4-5H2,(H3,6,7,8,9,10,11);/q;+1/p-1. The van der Waals surface area contributed by atoms with E-state index in [0.29, 0.717) is 0 Å². The fourth-order valence-corrected chi connectivity index (χ4v) is 0.486. The van der Waals surface area contributed by atoms with Crippen LogP contribution >= 0.6 is 0 Å². The van der Waals surface area contributed by atoms with Crippen molar-refractivity contribution in [2.24, 2.45) is 11.7 Å². The average Bonchev–Trinajstić information content (AvgIpc) is 2.03. The first-order valence-electron chi connectivity index (χ1n) is 2.62. The summed E-state index contributed by atoms with van der Waals surface area (Å²) >= 11 is 0. The summed E-state index contributed by atoms with van der Waals surface area (Å²) in [7, 11) is 0. The number of nitrogens with two attached hydrogens (primary N) is 2. The van der Waals surface area contributed by atoms with Crippen LogP contribution in [0.5, 0.6) is 6.01 Å². The van der Waals surface area contributed by atoms with Gasteiger partial charge in [-0.25, -0.2) is 21.7 Å². The Morgan fingerprint density at radius 2 is 1.42 bits per heavy atom. The van der Waals surface area contributed by atoms with Gasteiger partial charge in [-0.1, -0.05) is 0 Å². The maximum atomic E-state index is 10.6. The number of anilines is 2. The molecule has 0 aliphatic carbocycles. The van der Waals surface area contributed by atoms with Crippen molar-refractivity contribution >= 4 is 11.9 Å². The third-order valence-electron chi connectivity index (χ3n) is 0.873. The van der Waals surface area contributed by atoms with E-state index in [-0.39, 0.29) is 41.5 Å². The molecule has 1 aromatic rings. The van der Waals surface area contributed by atoms with Gasteiger partial charge in [0.15, 0.2) is 0 Å². The molecule has 0 atom stereocenters. The molecule has 0 unspecified atom stereocenters. The van der Waals surface area contributed by atoms with Crippen molar-refractivity contribution < 1.29 is 34.7 Å². The molecule has 8 nitrogen and oxygen atoms in total. The van der Waals surface area contributed by atoms with Crippen molar-refractivity contribution in [1.29, 1.82) is 0 Å². The quantitative estimate of drug-likeness (QED) is 0.200. The van der Waals surface area contributed by atoms with Crippen LogP contribution in [0.15, 0.2) is 0 Å². The van der Waals surface area contributed by atoms with Crippen LogP contribution in [0.3, 0.4) is 0 Å². The number of hydrogen-bond donors (Lipinski definition) is 4. The Kier molecular flexibility index (Phi) is 4.78. The molecule has 9 heteroatoms. The Labute approximate surface area is 90.0 Å². The summed E-state index contributed by atoms with van der Waals surface area (Å²) < 4.78 is 0. The summed E-state index contributed by atoms with van der Waals surface area (Å²) in [6, 6.07) is -0.708. The molecular formula is C3H6N7NaO. The van der Waals surface area contributed by atoms with Gasteiger partial charge >= 0.3 is 29.6 Å². The van der Waals surface area contributed by atoms with E-state index in [1.807, 2.05) is 0 Å². The van der Waals surface area contributed by atoms with Gasteiger partial charge in [0.1, 0.15) is 0 Å². The number of hydrogen-bond acceptors (Lipinski definition) is 8. The Morgan fingerprint density at radius 1 is 1.00 bits per heavy atom. The summed E-state index contributed by atoms with van der Waals surface area (Å²) in [5.74, 6) is 9.80. The SMILES string of the molecule is NNc1nc([O-])nc(NN)n1.[Na+]. The van der Waals surface area contributed by atoms with Gasteiger partial charge in [0, 0.05) is 0 Å². The predicted molar refractivity (Wildman–Crippen MR) is 34.9 cm³/mol. The number of nitrogens with one attached hydrogen (secondary N) is 2. The number of aromatic nitrogens is 3. The van der Waals surface area contributed by atoms with Crippen LogP contribution in [0.25, 0.3) is 0 Å². The molecule has 1 heterocycles. The second-order valence-corrected chi connectivity index (χ2v) is 1.55. The first-order valence-corrected chi connectivity index (χ1v) is 2.62. The second kappa shape index (κ2) is 5.06. The van der Waals surface area contributed by atoms with E-state index in [0.717, 1.165) is 0 Å². The number of nitrogens with zero attached hydrogens (tertiary/aromatic N) is 3. The Morgan fingerprint density at radius 3 is 1.75 bits per heavy atom. The fourth-order valence-electron chi connectivity index (χ4n) is 0.486. The molecule has 0 spiro atoms. The topological polar surface area (TPSA) is 138 Å². The van der Waals surface area contributed by atoms with E-state index in [1.165, 1.54) is 0 Å². The summed E-state index contributed by atoms with van der Waals surface area (Å²) in [4.78, 5) is 10.2. The molecule has 0 aliphatic heterocycles. The molecule has 0 amide bonds. The average molecular weight is 179 g/mol. The number of rotatable bonds is 2. The molecule has 6 N–H and O–H groups in total. The third-order valence-corrected chi connectivity index (χ3v) is 0.873. The van der Waals surface area contributed by atoms with E-state index >= 15 is 0 Å². The van der Waals surface area contributed by atoms with Gasteiger partial charge in [-0.3, -0.25) is 10.9 Å². The smallest absolute Gasteiger partial charge is 0.844 e. The van der Waals surface area contributed by atoms with E-state index in [1.54, 1.807) is 0 Å². The van der Waals surface area contributed by atoms with Gasteiger partial charge in [-0.15, -0.1) is 0 Å². The second-order valence-electron chi connectivity index (χ2n) is 1.55. The van der Waals surface area contributed by atoms with Crippen LogP contribution in [0.2, 0.25) is 0 Å². The van der Waals surface area contributed by atoms with E-state index < -0.39 is 6.01 Å². The molecule has 0 bridgehead atoms. The maximum Gasteiger partial charge on any atom is 1.00 e. The molecule has 0 fully saturated rings. The van der Waals surface area contributed by atoms with E-state index in [2.05, 4.69) is 25.8 Å². The van der Waals surface area contributed by atoms with Crippen molar-refractivity contribution in [3.63, 3.8) is 0 Å². The van der Waals surface area contributed by atoms with Crippen molar-refractivity contribution in [3.05, 3.63) is 0 Å². The monoisotopic (exact) mass is 179 g/mol. The van der Waals surface area contributed by atoms with Gasteiger partial charge in [0.25, 0.3) is 0 Å². The Balaban J connectivity index is 0.00000121. The zero-order chi connectivity index (χ0) is 8.27. The van der Waals surface area contributed by atoms with Crippen LogP contribution < -0.4 is 57.2 Å². The van der Waals surface area contributed by atoms with Gasteiger partial charge in [-0.05, 0) is 0 Å². The van der Waals surface area contributed by atoms with Gasteiger partial charge in [0.2, 0.25) is 11.9 Å². The molecule has 0 radical (unpaired) electrons. The zero-order valence-corrected chi connectivity index (χ0v) is 8.40. The van der Waals surface area contributed by atoms with Crippen LogP contribution in [0.4, 0.5) is 11.9 Å². The maximum absolute atomic E-state index is 10.6. The van der Waals surface area contributed by atoms with Crippen LogP contribution in [0.1, 0.15) is 0 Å². The molecule has 1 aromatic heterocycles. The third kappa shape index (κ3) is 2.75. The van der Waals surface area contributed by atoms with E-state index in [9.17, 15) is 5.11 Å². The minimum absolute atomic E-state index is 0. The normalized spacial score (nSPS) is 8.50. The van der Waals surface area contributed by atoms with Gasteiger partial charge < -0.3 is 5.11 Å². The Hall–Kier alpha value is -0.670. The molecule has 0 aliphatic rings. The summed E-state index contributed by atoms with van der Waals surface area (Å²) in [5.41, 5.74) is 4.17. The molecule has 60 valence electrons. The number of nitrogen functional groups attached to an aromatic ring is 2. The summed E-state index contributed by atoms with van der Waals surface area (Å²) in [5, 5.41) is 10.6. The summed E-state index contributed by atoms with van der Waals surface area (Å²) in [6.07, 6.45) is 0. The van der Waals surface area contributed by atoms with Crippen molar-refractivity contribution in [2.45, 2.75) is 0 Å². The zero-order valence-electron chi connectivity index (χ0n) is 6.40. The molecular weight excluding hydrogens is 173 g/mol. The molecule has 0 aromatic carbocycles. The Bertz CT molecular complexity index is 232. The van der Waals surface area contributed by atoms with E-state index in [4.69, 9.17) is 11.7 Å². The van der Waals surface area contributed by atoms with Crippen LogP contribution in [0, 0.1) is 0 Å². The first-order chi connectivity index (χ1) is 5.26. The minimum Gasteiger partial charge on any atom is -0.844 e. The fraction of sp³-hybridized carbons (Fsp3) is 0. The summed E-state index contributed by atoms with van der Waals surface area (Å²) in [6.45, 7) is 0. The van der Waals surface area contributed by atoms with Crippen molar-refractivity contribution in [3.8, 4) is 6.01 Å². The van der Waals surface area contributed by atoms with Crippen LogP contribution in [-0.2, 0) is 0 Å². The first kappa shape index (κ1) is 11.3. The molecule has 0 saturated carbocycles. The van der Waals surface area contributed by atoms with Crippen LogP contribution in [-0.4, -0.2) is 15.0 Å². The van der Waals surface area contributed by atoms with Gasteiger partial charge in [-0.2, -0.15) is 4.98 Å². The van der Waals surface area contributed by atoms with Crippen molar-refractivity contribution in [1.82, 2.24) is 15.0 Å². The number of hydrazine groups is 2. The molecule has 12 heavy (non-hydrogen) atoms. The predicted octanol–water partition coefficient (Wildman–Crippen LogP) is -5.48. The van der Waals surface area contributed by atoms with Crippen molar-refractivity contribution in [2.75, 3.05) is 10.9 Å².